The van der Waals surface area contributed by atoms with Crippen LogP contribution in [0.5, 0.6) is 0 Å². The Kier molecular flexibility index (Phi) is 6.83. The highest BCUT2D eigenvalue weighted by atomic mass is 15.2. The van der Waals surface area contributed by atoms with Crippen LogP contribution in [0, 0.1) is 0 Å². The van der Waals surface area contributed by atoms with E-state index >= 15 is 0 Å². The van der Waals surface area contributed by atoms with Gasteiger partial charge in [0.1, 0.15) is 0 Å². The van der Waals surface area contributed by atoms with Gasteiger partial charge in [-0.05, 0) is 86.5 Å². The van der Waals surface area contributed by atoms with E-state index in [0.29, 0.717) is 0 Å². The van der Waals surface area contributed by atoms with E-state index in [2.05, 4.69) is 203 Å². The van der Waals surface area contributed by atoms with Crippen LogP contribution >= 0.6 is 0 Å². The summed E-state index contributed by atoms with van der Waals surface area (Å²) in [6, 6.07) is 57.0. The second kappa shape index (κ2) is 11.4. The van der Waals surface area contributed by atoms with E-state index in [4.69, 9.17) is 0 Å². The third-order valence-corrected chi connectivity index (χ3v) is 11.7. The zero-order valence-corrected chi connectivity index (χ0v) is 31.4. The van der Waals surface area contributed by atoms with E-state index in [9.17, 15) is 0 Å². The second-order valence-corrected chi connectivity index (χ2v) is 17.0. The van der Waals surface area contributed by atoms with Gasteiger partial charge in [0.15, 0.2) is 0 Å². The van der Waals surface area contributed by atoms with Crippen LogP contribution in [0.1, 0.15) is 52.7 Å². The molecule has 1 aliphatic rings. The van der Waals surface area contributed by atoms with Crippen molar-refractivity contribution >= 4 is 78.3 Å². The zero-order chi connectivity index (χ0) is 36.2. The molecule has 0 saturated heterocycles. The first-order valence-electron chi connectivity index (χ1n) is 19.0. The van der Waals surface area contributed by atoms with Crippen LogP contribution in [0.15, 0.2) is 152 Å². The number of para-hydroxylation sites is 2. The molecule has 256 valence electrons. The molecule has 7 aromatic carbocycles. The quantitative estimate of drug-likeness (QED) is 0.168. The summed E-state index contributed by atoms with van der Waals surface area (Å²) >= 11 is 0. The summed E-state index contributed by atoms with van der Waals surface area (Å²) < 4.78 is 2.61. The van der Waals surface area contributed by atoms with Gasteiger partial charge < -0.3 is 9.30 Å². The lowest BCUT2D eigenvalue weighted by Gasteiger charge is -2.38. The van der Waals surface area contributed by atoms with Gasteiger partial charge in [-0.3, -0.25) is 0 Å². The molecule has 53 heavy (non-hydrogen) atoms. The molecule has 0 aliphatic carbocycles. The van der Waals surface area contributed by atoms with Gasteiger partial charge in [0.05, 0.1) is 22.2 Å². The van der Waals surface area contributed by atoms with Crippen LogP contribution in [0.4, 0.5) is 17.1 Å². The van der Waals surface area contributed by atoms with Gasteiger partial charge in [-0.2, -0.15) is 0 Å². The number of hydrogen-bond acceptors (Lipinski definition) is 1. The van der Waals surface area contributed by atoms with Gasteiger partial charge in [-0.15, -0.1) is 0 Å². The molecule has 2 nitrogen and oxygen atoms in total. The molecular weight excluding hydrogens is 639 g/mol. The minimum Gasteiger partial charge on any atom is -0.309 e. The highest BCUT2D eigenvalue weighted by Gasteiger charge is 2.39. The molecule has 0 fully saturated rings. The summed E-state index contributed by atoms with van der Waals surface area (Å²) in [6.45, 7) is 14.0. The van der Waals surface area contributed by atoms with E-state index in [1.165, 1.54) is 93.8 Å². The first-order chi connectivity index (χ1) is 25.6. The van der Waals surface area contributed by atoms with Crippen molar-refractivity contribution in [2.75, 3.05) is 4.90 Å². The Hall–Kier alpha value is -5.80. The predicted molar refractivity (Wildman–Crippen MR) is 230 cm³/mol. The first-order valence-corrected chi connectivity index (χ1v) is 19.0. The van der Waals surface area contributed by atoms with Crippen molar-refractivity contribution in [3.05, 3.63) is 163 Å². The minimum absolute atomic E-state index is 0.00102. The van der Waals surface area contributed by atoms with Crippen molar-refractivity contribution in [3.8, 4) is 11.1 Å². The SMILES string of the molecule is CC(C)(C)c1ccc2c(c1)c1cc(C(C)(C)C)cc3c4ccc5c(c4n2c13)N(c1ccccc1)c1ccccc1B5c1ccccc1-c1ccccc1. The summed E-state index contributed by atoms with van der Waals surface area (Å²) in [7, 11) is 0. The lowest BCUT2D eigenvalue weighted by molar-refractivity contribution is 0.590. The molecule has 0 atom stereocenters. The van der Waals surface area contributed by atoms with Crippen molar-refractivity contribution in [1.82, 2.24) is 4.40 Å². The van der Waals surface area contributed by atoms with E-state index in [1.54, 1.807) is 0 Å². The molecule has 0 unspecified atom stereocenters. The summed E-state index contributed by atoms with van der Waals surface area (Å²) in [6.07, 6.45) is 0. The summed E-state index contributed by atoms with van der Waals surface area (Å²) in [5.41, 5.74) is 16.7. The number of benzene rings is 7. The van der Waals surface area contributed by atoms with Crippen LogP contribution in [0.3, 0.4) is 0 Å². The Morgan fingerprint density at radius 2 is 1.06 bits per heavy atom. The highest BCUT2D eigenvalue weighted by molar-refractivity contribution is 6.99. The molecule has 0 bridgehead atoms. The molecular formula is C50H43BN2. The van der Waals surface area contributed by atoms with Crippen molar-refractivity contribution in [3.63, 3.8) is 0 Å². The number of fused-ring (bicyclic) bond motifs is 9. The van der Waals surface area contributed by atoms with Gasteiger partial charge in [-0.25, -0.2) is 0 Å². The van der Waals surface area contributed by atoms with Gasteiger partial charge in [0, 0.05) is 32.9 Å². The molecule has 2 aromatic heterocycles. The maximum atomic E-state index is 2.61. The molecule has 3 heterocycles. The number of hydrogen-bond donors (Lipinski definition) is 0. The van der Waals surface area contributed by atoms with E-state index < -0.39 is 0 Å². The van der Waals surface area contributed by atoms with Crippen LogP contribution < -0.4 is 21.3 Å². The first kappa shape index (κ1) is 31.9. The largest absolute Gasteiger partial charge is 0.309 e. The summed E-state index contributed by atoms with van der Waals surface area (Å²) in [4.78, 5) is 2.54. The molecule has 0 spiro atoms. The molecule has 0 N–H and O–H groups in total. The zero-order valence-electron chi connectivity index (χ0n) is 31.4. The topological polar surface area (TPSA) is 7.65 Å². The molecule has 1 aliphatic heterocycles. The van der Waals surface area contributed by atoms with Crippen molar-refractivity contribution < 1.29 is 0 Å². The normalized spacial score (nSPS) is 13.4. The van der Waals surface area contributed by atoms with E-state index in [-0.39, 0.29) is 17.5 Å². The third kappa shape index (κ3) is 4.73. The van der Waals surface area contributed by atoms with Crippen LogP contribution in [0.2, 0.25) is 0 Å². The van der Waals surface area contributed by atoms with Crippen LogP contribution in [-0.2, 0) is 10.8 Å². The molecule has 0 amide bonds. The lowest BCUT2D eigenvalue weighted by atomic mass is 9.34. The van der Waals surface area contributed by atoms with Crippen molar-refractivity contribution in [2.45, 2.75) is 52.4 Å². The smallest absolute Gasteiger partial charge is 0.247 e. The van der Waals surface area contributed by atoms with E-state index in [1.807, 2.05) is 0 Å². The van der Waals surface area contributed by atoms with Crippen molar-refractivity contribution in [2.24, 2.45) is 0 Å². The van der Waals surface area contributed by atoms with Crippen LogP contribution in [-0.4, -0.2) is 11.1 Å². The second-order valence-electron chi connectivity index (χ2n) is 17.0. The van der Waals surface area contributed by atoms with Crippen LogP contribution in [0.25, 0.3) is 49.2 Å². The molecule has 10 rings (SSSR count). The highest BCUT2D eigenvalue weighted by Crippen LogP contribution is 2.48. The fraction of sp³-hybridized carbons (Fsp3) is 0.160. The number of aromatic nitrogens is 1. The Balaban J connectivity index is 1.40. The Morgan fingerprint density at radius 3 is 1.77 bits per heavy atom. The Labute approximate surface area is 312 Å². The average molecular weight is 683 g/mol. The number of anilines is 3. The monoisotopic (exact) mass is 682 g/mol. The summed E-state index contributed by atoms with van der Waals surface area (Å²) in [5.74, 6) is 0. The maximum absolute atomic E-state index is 2.61. The van der Waals surface area contributed by atoms with Gasteiger partial charge in [-0.1, -0.05) is 156 Å². The standard InChI is InChI=1S/C50H43BN2/c1-49(2,3)33-25-28-44-38(29-33)40-31-34(50(4,5)6)30-39-37-26-27-43-48(47(37)53(44)46(39)40)52(35-19-11-8-12-20-35)45-24-16-15-23-42(45)51(43)41-22-14-13-21-36(41)32-17-9-7-10-18-32/h7-31H,1-6H3. The average Bonchev–Trinajstić information content (AvgIpc) is 3.68. The molecule has 0 radical (unpaired) electrons. The van der Waals surface area contributed by atoms with Gasteiger partial charge >= 0.3 is 0 Å². The van der Waals surface area contributed by atoms with Crippen molar-refractivity contribution in [1.29, 1.82) is 0 Å². The number of nitrogens with zero attached hydrogens (tertiary/aromatic N) is 2. The molecule has 3 heteroatoms. The fourth-order valence-electron chi connectivity index (χ4n) is 9.02. The van der Waals surface area contributed by atoms with E-state index in [0.717, 1.165) is 0 Å². The predicted octanol–water partition coefficient (Wildman–Crippen LogP) is 11.4. The maximum Gasteiger partial charge on any atom is 0.247 e. The Bertz CT molecular complexity index is 2850. The number of rotatable bonds is 3. The molecule has 0 saturated carbocycles. The third-order valence-electron chi connectivity index (χ3n) is 11.7. The fourth-order valence-corrected chi connectivity index (χ4v) is 9.02. The lowest BCUT2D eigenvalue weighted by Crippen LogP contribution is -2.57. The minimum atomic E-state index is -0.00102. The summed E-state index contributed by atoms with van der Waals surface area (Å²) in [5, 5.41) is 5.29. The Morgan fingerprint density at radius 1 is 0.453 bits per heavy atom. The molecule has 9 aromatic rings. The van der Waals surface area contributed by atoms with Gasteiger partial charge in [0.25, 0.3) is 0 Å². The van der Waals surface area contributed by atoms with Gasteiger partial charge in [0.2, 0.25) is 6.71 Å².